The molecule has 3 heteroatoms. The van der Waals surface area contributed by atoms with Gasteiger partial charge in [0.25, 0.3) is 0 Å². The van der Waals surface area contributed by atoms with Crippen molar-refractivity contribution in [1.29, 1.82) is 0 Å². The maximum Gasteiger partial charge on any atom is 0.120 e. The molecule has 1 aromatic rings. The van der Waals surface area contributed by atoms with E-state index in [1.165, 1.54) is 12.8 Å². The van der Waals surface area contributed by atoms with Crippen molar-refractivity contribution in [3.63, 3.8) is 0 Å². The van der Waals surface area contributed by atoms with Gasteiger partial charge in [0.15, 0.2) is 0 Å². The minimum atomic E-state index is 0.0125. The number of ether oxygens (including phenoxy) is 1. The summed E-state index contributed by atoms with van der Waals surface area (Å²) < 4.78 is 5.65. The molecule has 1 aliphatic rings. The zero-order valence-corrected chi connectivity index (χ0v) is 10.2. The molecule has 1 aromatic carbocycles. The van der Waals surface area contributed by atoms with Crippen LogP contribution in [0.15, 0.2) is 24.3 Å². The Morgan fingerprint density at radius 1 is 1.31 bits per heavy atom. The molecule has 0 atom stereocenters. The summed E-state index contributed by atoms with van der Waals surface area (Å²) in [6.45, 7) is 0.677. The van der Waals surface area contributed by atoms with Gasteiger partial charge in [-0.1, -0.05) is 30.5 Å². The number of hydrogen-bond donors (Lipinski definition) is 1. The molecule has 1 aliphatic carbocycles. The van der Waals surface area contributed by atoms with Gasteiger partial charge < -0.3 is 10.5 Å². The molecule has 1 fully saturated rings. The van der Waals surface area contributed by atoms with Gasteiger partial charge in [-0.25, -0.2) is 0 Å². The third-order valence-corrected chi connectivity index (χ3v) is 3.50. The van der Waals surface area contributed by atoms with E-state index in [1.807, 2.05) is 24.3 Å². The van der Waals surface area contributed by atoms with Gasteiger partial charge in [-0.05, 0) is 37.5 Å². The van der Waals surface area contributed by atoms with Crippen molar-refractivity contribution in [3.8, 4) is 5.75 Å². The Hall–Kier alpha value is -0.730. The van der Waals surface area contributed by atoms with E-state index in [4.69, 9.17) is 22.1 Å². The lowest BCUT2D eigenvalue weighted by molar-refractivity contribution is 0.258. The quantitative estimate of drug-likeness (QED) is 0.874. The smallest absolute Gasteiger partial charge is 0.120 e. The lowest BCUT2D eigenvalue weighted by Gasteiger charge is -2.23. The largest absolute Gasteiger partial charge is 0.493 e. The molecule has 0 radical (unpaired) electrons. The van der Waals surface area contributed by atoms with E-state index in [0.717, 1.165) is 25.0 Å². The second-order valence-electron chi connectivity index (χ2n) is 4.63. The first-order valence-corrected chi connectivity index (χ1v) is 6.23. The van der Waals surface area contributed by atoms with Gasteiger partial charge in [0.2, 0.25) is 0 Å². The SMILES string of the molecule is NC1(CCOc2cccc(Cl)c2)CCCC1. The predicted octanol–water partition coefficient (Wildman–Crippen LogP) is 3.38. The maximum atomic E-state index is 6.25. The van der Waals surface area contributed by atoms with Crippen molar-refractivity contribution in [2.45, 2.75) is 37.6 Å². The van der Waals surface area contributed by atoms with Gasteiger partial charge in [0.05, 0.1) is 6.61 Å². The van der Waals surface area contributed by atoms with Crippen LogP contribution in [0.4, 0.5) is 0 Å². The molecule has 2 rings (SSSR count). The van der Waals surface area contributed by atoms with Gasteiger partial charge >= 0.3 is 0 Å². The van der Waals surface area contributed by atoms with Crippen LogP contribution in [0.1, 0.15) is 32.1 Å². The van der Waals surface area contributed by atoms with Crippen molar-refractivity contribution in [2.24, 2.45) is 5.73 Å². The van der Waals surface area contributed by atoms with Gasteiger partial charge in [-0.2, -0.15) is 0 Å². The molecule has 0 aliphatic heterocycles. The van der Waals surface area contributed by atoms with Crippen molar-refractivity contribution < 1.29 is 4.74 Å². The highest BCUT2D eigenvalue weighted by molar-refractivity contribution is 6.30. The van der Waals surface area contributed by atoms with E-state index in [1.54, 1.807) is 0 Å². The van der Waals surface area contributed by atoms with Crippen LogP contribution in [0.25, 0.3) is 0 Å². The lowest BCUT2D eigenvalue weighted by atomic mass is 9.95. The highest BCUT2D eigenvalue weighted by Crippen LogP contribution is 2.30. The van der Waals surface area contributed by atoms with E-state index in [-0.39, 0.29) is 5.54 Å². The standard InChI is InChI=1S/C13H18ClNO/c14-11-4-3-5-12(10-11)16-9-8-13(15)6-1-2-7-13/h3-5,10H,1-2,6-9,15H2. The highest BCUT2D eigenvalue weighted by Gasteiger charge is 2.28. The predicted molar refractivity (Wildman–Crippen MR) is 67.0 cm³/mol. The van der Waals surface area contributed by atoms with E-state index < -0.39 is 0 Å². The molecule has 88 valence electrons. The number of nitrogens with two attached hydrogens (primary N) is 1. The third-order valence-electron chi connectivity index (χ3n) is 3.26. The van der Waals surface area contributed by atoms with Gasteiger partial charge in [0, 0.05) is 10.6 Å². The van der Waals surface area contributed by atoms with Crippen LogP contribution in [0.2, 0.25) is 5.02 Å². The van der Waals surface area contributed by atoms with E-state index >= 15 is 0 Å². The zero-order valence-electron chi connectivity index (χ0n) is 9.42. The van der Waals surface area contributed by atoms with Gasteiger partial charge in [-0.3, -0.25) is 0 Å². The van der Waals surface area contributed by atoms with Crippen molar-refractivity contribution in [2.75, 3.05) is 6.61 Å². The summed E-state index contributed by atoms with van der Waals surface area (Å²) >= 11 is 5.87. The molecule has 0 aromatic heterocycles. The normalized spacial score (nSPS) is 18.6. The molecule has 0 heterocycles. The first kappa shape index (κ1) is 11.7. The molecule has 0 unspecified atom stereocenters. The summed E-state index contributed by atoms with van der Waals surface area (Å²) in [6.07, 6.45) is 5.71. The van der Waals surface area contributed by atoms with E-state index in [0.29, 0.717) is 11.6 Å². The number of halogens is 1. The molecule has 0 saturated heterocycles. The number of hydrogen-bond acceptors (Lipinski definition) is 2. The molecular formula is C13H18ClNO. The third kappa shape index (κ3) is 3.13. The Morgan fingerprint density at radius 3 is 2.75 bits per heavy atom. The summed E-state index contributed by atoms with van der Waals surface area (Å²) in [4.78, 5) is 0. The van der Waals surface area contributed by atoms with Crippen LogP contribution in [-0.4, -0.2) is 12.1 Å². The molecule has 16 heavy (non-hydrogen) atoms. The van der Waals surface area contributed by atoms with Crippen molar-refractivity contribution >= 4 is 11.6 Å². The van der Waals surface area contributed by atoms with Crippen molar-refractivity contribution in [1.82, 2.24) is 0 Å². The second-order valence-corrected chi connectivity index (χ2v) is 5.06. The second kappa shape index (κ2) is 5.07. The van der Waals surface area contributed by atoms with Crippen LogP contribution < -0.4 is 10.5 Å². The topological polar surface area (TPSA) is 35.2 Å². The Balaban J connectivity index is 1.79. The van der Waals surface area contributed by atoms with Crippen LogP contribution >= 0.6 is 11.6 Å². The van der Waals surface area contributed by atoms with Crippen LogP contribution in [-0.2, 0) is 0 Å². The Bertz CT molecular complexity index is 348. The summed E-state index contributed by atoms with van der Waals surface area (Å²) in [6, 6.07) is 7.49. The van der Waals surface area contributed by atoms with E-state index in [2.05, 4.69) is 0 Å². The molecular weight excluding hydrogens is 222 g/mol. The summed E-state index contributed by atoms with van der Waals surface area (Å²) in [5.41, 5.74) is 6.26. The Kier molecular flexibility index (Phi) is 3.72. The average molecular weight is 240 g/mol. The first-order valence-electron chi connectivity index (χ1n) is 5.85. The first-order chi connectivity index (χ1) is 7.68. The minimum absolute atomic E-state index is 0.0125. The molecule has 0 amide bonds. The summed E-state index contributed by atoms with van der Waals surface area (Å²) in [7, 11) is 0. The summed E-state index contributed by atoms with van der Waals surface area (Å²) in [5, 5.41) is 0.709. The fourth-order valence-corrected chi connectivity index (χ4v) is 2.44. The molecule has 0 bridgehead atoms. The Morgan fingerprint density at radius 2 is 2.06 bits per heavy atom. The van der Waals surface area contributed by atoms with E-state index in [9.17, 15) is 0 Å². The number of rotatable bonds is 4. The summed E-state index contributed by atoms with van der Waals surface area (Å²) in [5.74, 6) is 0.828. The fraction of sp³-hybridized carbons (Fsp3) is 0.538. The highest BCUT2D eigenvalue weighted by atomic mass is 35.5. The molecule has 1 saturated carbocycles. The monoisotopic (exact) mass is 239 g/mol. The molecule has 0 spiro atoms. The van der Waals surface area contributed by atoms with Crippen LogP contribution in [0.5, 0.6) is 5.75 Å². The number of benzene rings is 1. The Labute approximate surface area is 102 Å². The van der Waals surface area contributed by atoms with Gasteiger partial charge in [0.1, 0.15) is 5.75 Å². The minimum Gasteiger partial charge on any atom is -0.493 e. The van der Waals surface area contributed by atoms with Crippen molar-refractivity contribution in [3.05, 3.63) is 29.3 Å². The average Bonchev–Trinajstić information content (AvgIpc) is 2.65. The molecule has 2 N–H and O–H groups in total. The van der Waals surface area contributed by atoms with Gasteiger partial charge in [-0.15, -0.1) is 0 Å². The van der Waals surface area contributed by atoms with Crippen LogP contribution in [0, 0.1) is 0 Å². The lowest BCUT2D eigenvalue weighted by Crippen LogP contribution is -2.37. The zero-order chi connectivity index (χ0) is 11.4. The maximum absolute atomic E-state index is 6.25. The molecule has 2 nitrogen and oxygen atoms in total. The van der Waals surface area contributed by atoms with Crippen LogP contribution in [0.3, 0.4) is 0 Å². The fourth-order valence-electron chi connectivity index (χ4n) is 2.26.